The molecule has 6 nitrogen and oxygen atoms in total. The van der Waals surface area contributed by atoms with E-state index in [-0.39, 0.29) is 11.6 Å². The van der Waals surface area contributed by atoms with E-state index in [4.69, 9.17) is 4.74 Å². The molecule has 1 aliphatic carbocycles. The number of nitrogens with zero attached hydrogens (tertiary/aromatic N) is 1. The first-order chi connectivity index (χ1) is 12.2. The number of benzene rings is 1. The van der Waals surface area contributed by atoms with Crippen molar-refractivity contribution >= 4 is 17.6 Å². The van der Waals surface area contributed by atoms with Crippen molar-refractivity contribution in [2.45, 2.75) is 31.8 Å². The van der Waals surface area contributed by atoms with E-state index in [0.717, 1.165) is 18.6 Å². The van der Waals surface area contributed by atoms with Crippen LogP contribution >= 0.6 is 0 Å². The van der Waals surface area contributed by atoms with Gasteiger partial charge in [-0.15, -0.1) is 0 Å². The fraction of sp³-hybridized carbons (Fsp3) is 0.316. The summed E-state index contributed by atoms with van der Waals surface area (Å²) >= 11 is 0. The molecule has 3 rings (SSSR count). The summed E-state index contributed by atoms with van der Waals surface area (Å²) in [6, 6.07) is 10.3. The highest BCUT2D eigenvalue weighted by Crippen LogP contribution is 2.25. The quantitative estimate of drug-likeness (QED) is 0.844. The lowest BCUT2D eigenvalue weighted by Crippen LogP contribution is -2.14. The molecule has 1 N–H and O–H groups in total. The standard InChI is InChI=1S/C19H20N2O4/c1-24-19(23)13-6-11-17(20-12-13)18(22)21-14-7-9-16(10-8-14)25-15-4-2-3-5-15/h6-12,15H,2-5H2,1H3,(H,21,22). The summed E-state index contributed by atoms with van der Waals surface area (Å²) in [4.78, 5) is 27.6. The van der Waals surface area contributed by atoms with E-state index in [1.165, 1.54) is 38.3 Å². The lowest BCUT2D eigenvalue weighted by Gasteiger charge is -2.13. The number of hydrogen-bond acceptors (Lipinski definition) is 5. The Morgan fingerprint density at radius 2 is 1.80 bits per heavy atom. The van der Waals surface area contributed by atoms with Gasteiger partial charge >= 0.3 is 5.97 Å². The predicted octanol–water partition coefficient (Wildman–Crippen LogP) is 3.44. The first kappa shape index (κ1) is 17.0. The third-order valence-corrected chi connectivity index (χ3v) is 4.13. The zero-order valence-electron chi connectivity index (χ0n) is 14.0. The summed E-state index contributed by atoms with van der Waals surface area (Å²) in [6.07, 6.45) is 6.27. The smallest absolute Gasteiger partial charge is 0.339 e. The molecule has 1 aromatic carbocycles. The number of methoxy groups -OCH3 is 1. The second-order valence-corrected chi connectivity index (χ2v) is 5.93. The number of esters is 1. The molecular formula is C19H20N2O4. The number of nitrogens with one attached hydrogen (secondary N) is 1. The molecule has 0 spiro atoms. The fourth-order valence-electron chi connectivity index (χ4n) is 2.78. The van der Waals surface area contributed by atoms with Gasteiger partial charge in [-0.1, -0.05) is 0 Å². The molecule has 0 unspecified atom stereocenters. The maximum Gasteiger partial charge on any atom is 0.339 e. The van der Waals surface area contributed by atoms with Gasteiger partial charge in [0.2, 0.25) is 0 Å². The van der Waals surface area contributed by atoms with Crippen LogP contribution in [0, 0.1) is 0 Å². The van der Waals surface area contributed by atoms with Crippen LogP contribution in [0.15, 0.2) is 42.6 Å². The molecule has 1 saturated carbocycles. The molecule has 6 heteroatoms. The van der Waals surface area contributed by atoms with E-state index in [9.17, 15) is 9.59 Å². The summed E-state index contributed by atoms with van der Waals surface area (Å²) in [6.45, 7) is 0. The maximum absolute atomic E-state index is 12.2. The van der Waals surface area contributed by atoms with E-state index < -0.39 is 5.97 Å². The van der Waals surface area contributed by atoms with Gasteiger partial charge in [0.25, 0.3) is 5.91 Å². The third kappa shape index (κ3) is 4.35. The number of amides is 1. The molecule has 0 bridgehead atoms. The largest absolute Gasteiger partial charge is 0.490 e. The Hall–Kier alpha value is -2.89. The van der Waals surface area contributed by atoms with Crippen LogP contribution in [0.3, 0.4) is 0 Å². The number of aromatic nitrogens is 1. The highest BCUT2D eigenvalue weighted by molar-refractivity contribution is 6.03. The van der Waals surface area contributed by atoms with E-state index in [1.807, 2.05) is 12.1 Å². The number of pyridine rings is 1. The summed E-state index contributed by atoms with van der Waals surface area (Å²) in [5.41, 5.74) is 1.18. The van der Waals surface area contributed by atoms with Crippen molar-refractivity contribution in [2.24, 2.45) is 0 Å². The Morgan fingerprint density at radius 3 is 2.40 bits per heavy atom. The topological polar surface area (TPSA) is 77.5 Å². The molecule has 25 heavy (non-hydrogen) atoms. The van der Waals surface area contributed by atoms with Crippen molar-refractivity contribution < 1.29 is 19.1 Å². The molecular weight excluding hydrogens is 320 g/mol. The minimum absolute atomic E-state index is 0.221. The molecule has 1 amide bonds. The van der Waals surface area contributed by atoms with Gasteiger partial charge in [-0.2, -0.15) is 0 Å². The van der Waals surface area contributed by atoms with E-state index >= 15 is 0 Å². The number of hydrogen-bond donors (Lipinski definition) is 1. The average Bonchev–Trinajstić information content (AvgIpc) is 3.16. The summed E-state index contributed by atoms with van der Waals surface area (Å²) in [5.74, 6) is -0.0244. The van der Waals surface area contributed by atoms with Gasteiger partial charge in [-0.25, -0.2) is 4.79 Å². The maximum atomic E-state index is 12.2. The van der Waals surface area contributed by atoms with Crippen LogP contribution in [-0.4, -0.2) is 30.1 Å². The SMILES string of the molecule is COC(=O)c1ccc(C(=O)Nc2ccc(OC3CCCC3)cc2)nc1. The van der Waals surface area contributed by atoms with Crippen LogP contribution < -0.4 is 10.1 Å². The van der Waals surface area contributed by atoms with Crippen LogP contribution in [0.1, 0.15) is 46.5 Å². The predicted molar refractivity (Wildman–Crippen MR) is 92.9 cm³/mol. The van der Waals surface area contributed by atoms with Gasteiger partial charge in [0, 0.05) is 11.9 Å². The molecule has 1 aromatic heterocycles. The van der Waals surface area contributed by atoms with Crippen molar-refractivity contribution in [3.63, 3.8) is 0 Å². The van der Waals surface area contributed by atoms with Gasteiger partial charge in [-0.3, -0.25) is 9.78 Å². The van der Waals surface area contributed by atoms with E-state index in [0.29, 0.717) is 17.4 Å². The third-order valence-electron chi connectivity index (χ3n) is 4.13. The highest BCUT2D eigenvalue weighted by Gasteiger charge is 2.16. The van der Waals surface area contributed by atoms with Crippen LogP contribution in [0.25, 0.3) is 0 Å². The van der Waals surface area contributed by atoms with E-state index in [2.05, 4.69) is 15.0 Å². The van der Waals surface area contributed by atoms with Crippen LogP contribution in [0.2, 0.25) is 0 Å². The summed E-state index contributed by atoms with van der Waals surface area (Å²) < 4.78 is 10.5. The number of ether oxygens (including phenoxy) is 2. The molecule has 0 atom stereocenters. The van der Waals surface area contributed by atoms with Crippen molar-refractivity contribution in [2.75, 3.05) is 12.4 Å². The molecule has 130 valence electrons. The molecule has 0 saturated heterocycles. The lowest BCUT2D eigenvalue weighted by molar-refractivity contribution is 0.0600. The number of carbonyl (C=O) groups excluding carboxylic acids is 2. The fourth-order valence-corrected chi connectivity index (χ4v) is 2.78. The Balaban J connectivity index is 1.59. The second kappa shape index (κ2) is 7.79. The monoisotopic (exact) mass is 340 g/mol. The van der Waals surface area contributed by atoms with Gasteiger partial charge < -0.3 is 14.8 Å². The lowest BCUT2D eigenvalue weighted by atomic mass is 10.2. The van der Waals surface area contributed by atoms with Gasteiger partial charge in [0.05, 0.1) is 18.8 Å². The first-order valence-corrected chi connectivity index (χ1v) is 8.28. The van der Waals surface area contributed by atoms with Crippen molar-refractivity contribution in [1.82, 2.24) is 4.98 Å². The normalized spacial score (nSPS) is 14.1. The number of carbonyl (C=O) groups is 2. The molecule has 1 fully saturated rings. The van der Waals surface area contributed by atoms with Crippen LogP contribution in [0.5, 0.6) is 5.75 Å². The molecule has 0 radical (unpaired) electrons. The summed E-state index contributed by atoms with van der Waals surface area (Å²) in [7, 11) is 1.29. The van der Waals surface area contributed by atoms with Gasteiger partial charge in [0.15, 0.2) is 0 Å². The minimum Gasteiger partial charge on any atom is -0.490 e. The number of rotatable bonds is 5. The average molecular weight is 340 g/mol. The Kier molecular flexibility index (Phi) is 5.28. The zero-order valence-corrected chi connectivity index (χ0v) is 14.0. The Labute approximate surface area is 146 Å². The van der Waals surface area contributed by atoms with Crippen molar-refractivity contribution in [1.29, 1.82) is 0 Å². The van der Waals surface area contributed by atoms with Gasteiger partial charge in [0.1, 0.15) is 11.4 Å². The molecule has 1 heterocycles. The zero-order chi connectivity index (χ0) is 17.6. The minimum atomic E-state index is -0.489. The Bertz CT molecular complexity index is 735. The van der Waals surface area contributed by atoms with Crippen molar-refractivity contribution in [3.8, 4) is 5.75 Å². The van der Waals surface area contributed by atoms with Crippen molar-refractivity contribution in [3.05, 3.63) is 53.9 Å². The first-order valence-electron chi connectivity index (χ1n) is 8.28. The number of anilines is 1. The second-order valence-electron chi connectivity index (χ2n) is 5.93. The summed E-state index contributed by atoms with van der Waals surface area (Å²) in [5, 5.41) is 2.77. The van der Waals surface area contributed by atoms with Crippen LogP contribution in [0.4, 0.5) is 5.69 Å². The van der Waals surface area contributed by atoms with Crippen LogP contribution in [-0.2, 0) is 4.74 Å². The highest BCUT2D eigenvalue weighted by atomic mass is 16.5. The Morgan fingerprint density at radius 1 is 1.08 bits per heavy atom. The molecule has 0 aliphatic heterocycles. The molecule has 2 aromatic rings. The van der Waals surface area contributed by atoms with E-state index in [1.54, 1.807) is 12.1 Å². The van der Waals surface area contributed by atoms with Gasteiger partial charge in [-0.05, 0) is 62.1 Å². The molecule has 1 aliphatic rings.